The molecule has 1 aliphatic heterocycles. The van der Waals surface area contributed by atoms with Crippen LogP contribution in [0.5, 0.6) is 5.75 Å². The van der Waals surface area contributed by atoms with Crippen molar-refractivity contribution >= 4 is 46.0 Å². The van der Waals surface area contributed by atoms with Crippen molar-refractivity contribution < 1.29 is 14.3 Å². The first-order valence-electron chi connectivity index (χ1n) is 6.14. The lowest BCUT2D eigenvalue weighted by Crippen LogP contribution is -2.27. The molecule has 4 nitrogen and oxygen atoms in total. The van der Waals surface area contributed by atoms with Gasteiger partial charge >= 0.3 is 0 Å². The van der Waals surface area contributed by atoms with Gasteiger partial charge in [0.25, 0.3) is 11.1 Å². The molecule has 3 rings (SSSR count). The Morgan fingerprint density at radius 1 is 1.19 bits per heavy atom. The zero-order valence-corrected chi connectivity index (χ0v) is 12.7. The number of anilines is 1. The minimum absolute atomic E-state index is 0.295. The van der Waals surface area contributed by atoms with E-state index in [1.54, 1.807) is 37.5 Å². The second-order valence-corrected chi connectivity index (χ2v) is 6.21. The van der Waals surface area contributed by atoms with Crippen molar-refractivity contribution in [3.63, 3.8) is 0 Å². The number of thioether (sulfide) groups is 1. The van der Waals surface area contributed by atoms with Gasteiger partial charge in [0.1, 0.15) is 5.75 Å². The molecular formula is C15H11NO3S2. The van der Waals surface area contributed by atoms with Gasteiger partial charge in [0, 0.05) is 10.9 Å². The van der Waals surface area contributed by atoms with Crippen LogP contribution in [0.15, 0.2) is 46.7 Å². The number of nitrogens with zero attached hydrogens (tertiary/aromatic N) is 1. The fraction of sp³-hybridized carbons (Fsp3) is 0.0667. The first-order chi connectivity index (χ1) is 10.2. The molecule has 1 saturated heterocycles. The molecule has 0 aliphatic carbocycles. The number of carbonyl (C=O) groups is 2. The number of carbonyl (C=O) groups excluding carboxylic acids is 2. The Morgan fingerprint density at radius 3 is 2.76 bits per heavy atom. The predicted octanol–water partition coefficient (Wildman–Crippen LogP) is 4.00. The molecule has 0 radical (unpaired) electrons. The Morgan fingerprint density at radius 2 is 2.05 bits per heavy atom. The maximum Gasteiger partial charge on any atom is 0.298 e. The quantitative estimate of drug-likeness (QED) is 0.803. The molecule has 0 N–H and O–H groups in total. The van der Waals surface area contributed by atoms with Crippen LogP contribution in [-0.4, -0.2) is 18.3 Å². The number of ether oxygens (including phenoxy) is 1. The molecule has 1 aromatic heterocycles. The number of hydrogen-bond donors (Lipinski definition) is 0. The molecule has 0 bridgehead atoms. The number of imide groups is 1. The van der Waals surface area contributed by atoms with Crippen LogP contribution in [-0.2, 0) is 4.79 Å². The number of hydrogen-bond acceptors (Lipinski definition) is 5. The summed E-state index contributed by atoms with van der Waals surface area (Å²) in [5, 5.41) is 1.63. The van der Waals surface area contributed by atoms with Gasteiger partial charge in [-0.1, -0.05) is 12.1 Å². The van der Waals surface area contributed by atoms with Gasteiger partial charge in [-0.25, -0.2) is 4.90 Å². The molecular weight excluding hydrogens is 306 g/mol. The molecule has 6 heteroatoms. The summed E-state index contributed by atoms with van der Waals surface area (Å²) < 4.78 is 5.13. The highest BCUT2D eigenvalue weighted by Crippen LogP contribution is 2.37. The Bertz CT molecular complexity index is 722. The number of thiophene rings is 1. The maximum absolute atomic E-state index is 12.4. The van der Waals surface area contributed by atoms with Crippen LogP contribution in [0.25, 0.3) is 6.08 Å². The third-order valence-electron chi connectivity index (χ3n) is 2.92. The molecule has 0 atom stereocenters. The van der Waals surface area contributed by atoms with Crippen LogP contribution < -0.4 is 9.64 Å². The Labute approximate surface area is 130 Å². The molecule has 21 heavy (non-hydrogen) atoms. The van der Waals surface area contributed by atoms with E-state index in [4.69, 9.17) is 4.74 Å². The molecule has 2 heterocycles. The summed E-state index contributed by atoms with van der Waals surface area (Å²) >= 11 is 2.48. The van der Waals surface area contributed by atoms with Gasteiger partial charge in [-0.3, -0.25) is 9.59 Å². The van der Waals surface area contributed by atoms with Crippen LogP contribution in [0.4, 0.5) is 10.5 Å². The highest BCUT2D eigenvalue weighted by atomic mass is 32.2. The Kier molecular flexibility index (Phi) is 3.81. The van der Waals surface area contributed by atoms with Crippen molar-refractivity contribution in [1.82, 2.24) is 0 Å². The summed E-state index contributed by atoms with van der Waals surface area (Å²) in [6, 6.07) is 10.7. The number of amides is 2. The van der Waals surface area contributed by atoms with Crippen molar-refractivity contribution in [3.8, 4) is 5.75 Å². The first-order valence-corrected chi connectivity index (χ1v) is 7.84. The fourth-order valence-corrected chi connectivity index (χ4v) is 3.51. The van der Waals surface area contributed by atoms with E-state index in [0.717, 1.165) is 16.6 Å². The van der Waals surface area contributed by atoms with Gasteiger partial charge in [-0.05, 0) is 41.4 Å². The molecule has 0 unspecified atom stereocenters. The first kappa shape index (κ1) is 13.9. The van der Waals surface area contributed by atoms with E-state index in [9.17, 15) is 9.59 Å². The van der Waals surface area contributed by atoms with Crippen LogP contribution in [0.1, 0.15) is 4.88 Å². The molecule has 106 valence electrons. The summed E-state index contributed by atoms with van der Waals surface area (Å²) in [7, 11) is 1.55. The molecule has 2 amide bonds. The van der Waals surface area contributed by atoms with Crippen molar-refractivity contribution in [3.05, 3.63) is 51.6 Å². The van der Waals surface area contributed by atoms with Gasteiger partial charge < -0.3 is 4.74 Å². The summed E-state index contributed by atoms with van der Waals surface area (Å²) in [6.45, 7) is 0. The molecule has 2 aromatic rings. The SMILES string of the molecule is COc1cccc(N2C(=O)S/C(=C/c3cccs3)C2=O)c1. The fourth-order valence-electron chi connectivity index (χ4n) is 1.94. The second kappa shape index (κ2) is 5.75. The average molecular weight is 317 g/mol. The summed E-state index contributed by atoms with van der Waals surface area (Å²) in [6.07, 6.45) is 1.75. The minimum atomic E-state index is -0.299. The molecule has 1 aromatic carbocycles. The lowest BCUT2D eigenvalue weighted by Gasteiger charge is -2.13. The van der Waals surface area contributed by atoms with E-state index in [0.29, 0.717) is 16.3 Å². The van der Waals surface area contributed by atoms with Gasteiger partial charge in [0.2, 0.25) is 0 Å². The number of methoxy groups -OCH3 is 1. The Hall–Kier alpha value is -2.05. The highest BCUT2D eigenvalue weighted by molar-refractivity contribution is 8.19. The Balaban J connectivity index is 1.93. The normalized spacial score (nSPS) is 16.8. The third kappa shape index (κ3) is 2.72. The standard InChI is InChI=1S/C15H11NO3S2/c1-19-11-5-2-4-10(8-11)16-14(17)13(21-15(16)18)9-12-6-3-7-20-12/h2-9H,1H3/b13-9+. The number of rotatable bonds is 3. The van der Waals surface area contributed by atoms with Crippen molar-refractivity contribution in [2.24, 2.45) is 0 Å². The summed E-state index contributed by atoms with van der Waals surface area (Å²) in [4.78, 5) is 27.1. The lowest BCUT2D eigenvalue weighted by atomic mass is 10.2. The minimum Gasteiger partial charge on any atom is -0.497 e. The topological polar surface area (TPSA) is 46.6 Å². The van der Waals surface area contributed by atoms with Gasteiger partial charge in [0.05, 0.1) is 17.7 Å². The molecule has 0 saturated carbocycles. The second-order valence-electron chi connectivity index (χ2n) is 4.23. The number of benzene rings is 1. The van der Waals surface area contributed by atoms with E-state index in [-0.39, 0.29) is 11.1 Å². The van der Waals surface area contributed by atoms with E-state index in [1.165, 1.54) is 16.2 Å². The summed E-state index contributed by atoms with van der Waals surface area (Å²) in [5.74, 6) is 0.306. The molecule has 1 fully saturated rings. The maximum atomic E-state index is 12.4. The van der Waals surface area contributed by atoms with Gasteiger partial charge in [0.15, 0.2) is 0 Å². The average Bonchev–Trinajstić information content (AvgIpc) is 3.08. The van der Waals surface area contributed by atoms with Crippen LogP contribution >= 0.6 is 23.1 Å². The van der Waals surface area contributed by atoms with Crippen LogP contribution in [0.2, 0.25) is 0 Å². The van der Waals surface area contributed by atoms with Crippen molar-refractivity contribution in [1.29, 1.82) is 0 Å². The molecule has 0 spiro atoms. The summed E-state index contributed by atoms with van der Waals surface area (Å²) in [5.41, 5.74) is 0.520. The molecule has 1 aliphatic rings. The largest absolute Gasteiger partial charge is 0.497 e. The van der Waals surface area contributed by atoms with Crippen molar-refractivity contribution in [2.45, 2.75) is 0 Å². The van der Waals surface area contributed by atoms with E-state index < -0.39 is 0 Å². The van der Waals surface area contributed by atoms with E-state index in [1.807, 2.05) is 17.5 Å². The van der Waals surface area contributed by atoms with Crippen LogP contribution in [0.3, 0.4) is 0 Å². The zero-order chi connectivity index (χ0) is 14.8. The van der Waals surface area contributed by atoms with Crippen LogP contribution in [0, 0.1) is 0 Å². The third-order valence-corrected chi connectivity index (χ3v) is 4.61. The highest BCUT2D eigenvalue weighted by Gasteiger charge is 2.36. The van der Waals surface area contributed by atoms with Gasteiger partial charge in [-0.2, -0.15) is 0 Å². The van der Waals surface area contributed by atoms with Gasteiger partial charge in [-0.15, -0.1) is 11.3 Å². The predicted molar refractivity (Wildman–Crippen MR) is 85.8 cm³/mol. The van der Waals surface area contributed by atoms with E-state index in [2.05, 4.69) is 0 Å². The zero-order valence-electron chi connectivity index (χ0n) is 11.1. The monoisotopic (exact) mass is 317 g/mol. The lowest BCUT2D eigenvalue weighted by molar-refractivity contribution is -0.113. The van der Waals surface area contributed by atoms with E-state index >= 15 is 0 Å². The smallest absolute Gasteiger partial charge is 0.298 e. The van der Waals surface area contributed by atoms with Crippen molar-refractivity contribution in [2.75, 3.05) is 12.0 Å².